The summed E-state index contributed by atoms with van der Waals surface area (Å²) >= 11 is 1.88. The van der Waals surface area contributed by atoms with E-state index in [4.69, 9.17) is 0 Å². The van der Waals surface area contributed by atoms with Crippen molar-refractivity contribution >= 4 is 65.6 Å². The zero-order valence-corrected chi connectivity index (χ0v) is 31.9. The minimum atomic E-state index is -0.129. The molecule has 1 aromatic heterocycles. The molecule has 0 bridgehead atoms. The van der Waals surface area contributed by atoms with Gasteiger partial charge in [0.05, 0.1) is 11.4 Å². The lowest BCUT2D eigenvalue weighted by Crippen LogP contribution is -2.27. The third-order valence-corrected chi connectivity index (χ3v) is 13.4. The maximum Gasteiger partial charge on any atom is 0.0505 e. The fourth-order valence-electron chi connectivity index (χ4n) is 9.81. The number of thiophene rings is 1. The van der Waals surface area contributed by atoms with Crippen molar-refractivity contribution in [2.24, 2.45) is 0 Å². The summed E-state index contributed by atoms with van der Waals surface area (Å²) in [4.78, 5) is 5.03. The summed E-state index contributed by atoms with van der Waals surface area (Å²) in [5.41, 5.74) is 15.6. The molecule has 0 fully saturated rings. The second kappa shape index (κ2) is 13.4. The van der Waals surface area contributed by atoms with E-state index in [1.54, 1.807) is 0 Å². The van der Waals surface area contributed by atoms with Crippen LogP contribution in [0.1, 0.15) is 35.1 Å². The lowest BCUT2D eigenvalue weighted by molar-refractivity contribution is 0.508. The Hall–Kier alpha value is -6.42. The summed E-state index contributed by atoms with van der Waals surface area (Å²) in [5.74, 6) is 0. The molecule has 3 heteroatoms. The summed E-state index contributed by atoms with van der Waals surface area (Å²) < 4.78 is 2.63. The van der Waals surface area contributed by atoms with Crippen molar-refractivity contribution < 1.29 is 0 Å². The molecule has 56 heavy (non-hydrogen) atoms. The third-order valence-electron chi connectivity index (χ3n) is 12.2. The van der Waals surface area contributed by atoms with Crippen molar-refractivity contribution in [3.63, 3.8) is 0 Å². The average Bonchev–Trinajstić information content (AvgIpc) is 3.96. The molecule has 9 aromatic rings. The summed E-state index contributed by atoms with van der Waals surface area (Å²) in [6, 6.07) is 71.7. The van der Waals surface area contributed by atoms with E-state index in [0.717, 1.165) is 25.7 Å². The van der Waals surface area contributed by atoms with Crippen LogP contribution in [0, 0.1) is 0 Å². The summed E-state index contributed by atoms with van der Waals surface area (Å²) in [5, 5.41) is 2.62. The molecule has 8 aromatic carbocycles. The van der Waals surface area contributed by atoms with E-state index >= 15 is 0 Å². The van der Waals surface area contributed by atoms with E-state index in [1.807, 2.05) is 11.3 Å². The minimum absolute atomic E-state index is 0.129. The van der Waals surface area contributed by atoms with Crippen LogP contribution in [-0.2, 0) is 18.3 Å². The van der Waals surface area contributed by atoms with E-state index in [9.17, 15) is 0 Å². The van der Waals surface area contributed by atoms with Gasteiger partial charge in [0.1, 0.15) is 0 Å². The average molecular weight is 737 g/mol. The zero-order valence-electron chi connectivity index (χ0n) is 31.1. The van der Waals surface area contributed by atoms with Crippen molar-refractivity contribution in [2.45, 2.75) is 31.1 Å². The molecule has 0 N–H and O–H groups in total. The second-order valence-electron chi connectivity index (χ2n) is 15.2. The van der Waals surface area contributed by atoms with Gasteiger partial charge in [0.15, 0.2) is 0 Å². The minimum Gasteiger partial charge on any atom is -0.310 e. The summed E-state index contributed by atoms with van der Waals surface area (Å²) in [6.07, 6.45) is 4.32. The van der Waals surface area contributed by atoms with Gasteiger partial charge in [-0.15, -0.1) is 11.3 Å². The Kier molecular flexibility index (Phi) is 7.89. The third kappa shape index (κ3) is 5.30. The quantitative estimate of drug-likeness (QED) is 0.161. The molecule has 0 unspecified atom stereocenters. The smallest absolute Gasteiger partial charge is 0.0505 e. The van der Waals surface area contributed by atoms with Crippen molar-refractivity contribution in [1.82, 2.24) is 0 Å². The molecular weight excluding hydrogens is 697 g/mol. The van der Waals surface area contributed by atoms with Gasteiger partial charge in [0.25, 0.3) is 0 Å². The predicted molar refractivity (Wildman–Crippen MR) is 238 cm³/mol. The molecule has 2 aliphatic carbocycles. The fraction of sp³-hybridized carbons (Fsp3) is 0.0943. The summed E-state index contributed by atoms with van der Waals surface area (Å²) in [7, 11) is 0. The number of anilines is 6. The Morgan fingerprint density at radius 3 is 1.38 bits per heavy atom. The van der Waals surface area contributed by atoms with E-state index in [0.29, 0.717) is 0 Å². The highest BCUT2D eigenvalue weighted by Gasteiger charge is 2.49. The SMILES string of the molecule is c1ccc(-c2ccc3sc4ccc(N(c5ccccc5)c5cccc6c5[C@]5(CCc7cccc(N(c8ccccc8)c8ccccc8)c75)CC6)cc4c3c2)cc1. The van der Waals surface area contributed by atoms with E-state index in [2.05, 4.69) is 204 Å². The number of nitrogens with zero attached hydrogens (tertiary/aromatic N) is 2. The fourth-order valence-corrected chi connectivity index (χ4v) is 10.9. The van der Waals surface area contributed by atoms with Crippen LogP contribution in [0.3, 0.4) is 0 Å². The van der Waals surface area contributed by atoms with Gasteiger partial charge >= 0.3 is 0 Å². The number of rotatable bonds is 7. The highest BCUT2D eigenvalue weighted by Crippen LogP contribution is 2.60. The number of hydrogen-bond acceptors (Lipinski definition) is 3. The van der Waals surface area contributed by atoms with Crippen molar-refractivity contribution in [2.75, 3.05) is 9.80 Å². The first kappa shape index (κ1) is 33.0. The van der Waals surface area contributed by atoms with Crippen LogP contribution in [-0.4, -0.2) is 0 Å². The van der Waals surface area contributed by atoms with Gasteiger partial charge in [-0.3, -0.25) is 0 Å². The number of fused-ring (bicyclic) bond motifs is 7. The number of para-hydroxylation sites is 3. The normalized spacial score (nSPS) is 15.6. The van der Waals surface area contributed by atoms with Crippen LogP contribution in [0.25, 0.3) is 31.3 Å². The van der Waals surface area contributed by atoms with E-state index in [1.165, 1.54) is 87.7 Å². The molecule has 268 valence electrons. The zero-order chi connectivity index (χ0) is 37.1. The van der Waals surface area contributed by atoms with Crippen LogP contribution in [0.15, 0.2) is 194 Å². The highest BCUT2D eigenvalue weighted by atomic mass is 32.1. The largest absolute Gasteiger partial charge is 0.310 e. The molecule has 1 atom stereocenters. The highest BCUT2D eigenvalue weighted by molar-refractivity contribution is 7.25. The first-order chi connectivity index (χ1) is 27.7. The molecule has 0 amide bonds. The van der Waals surface area contributed by atoms with Gasteiger partial charge in [-0.05, 0) is 138 Å². The Labute approximate surface area is 332 Å². The molecule has 0 radical (unpaired) electrons. The lowest BCUT2D eigenvalue weighted by Gasteiger charge is -2.37. The molecule has 1 spiro atoms. The summed E-state index contributed by atoms with van der Waals surface area (Å²) in [6.45, 7) is 0. The van der Waals surface area contributed by atoms with Gasteiger partial charge in [-0.1, -0.05) is 115 Å². The molecule has 11 rings (SSSR count). The molecule has 0 saturated carbocycles. The van der Waals surface area contributed by atoms with Crippen molar-refractivity contribution in [3.05, 3.63) is 216 Å². The Balaban J connectivity index is 1.12. The van der Waals surface area contributed by atoms with Gasteiger partial charge < -0.3 is 9.80 Å². The van der Waals surface area contributed by atoms with Gasteiger partial charge in [0, 0.05) is 48.3 Å². The number of benzene rings is 8. The molecule has 0 aliphatic heterocycles. The number of hydrogen-bond donors (Lipinski definition) is 0. The van der Waals surface area contributed by atoms with Crippen molar-refractivity contribution in [3.8, 4) is 11.1 Å². The van der Waals surface area contributed by atoms with E-state index in [-0.39, 0.29) is 5.41 Å². The Morgan fingerprint density at radius 2 is 0.839 bits per heavy atom. The lowest BCUT2D eigenvalue weighted by atomic mass is 9.74. The van der Waals surface area contributed by atoms with Gasteiger partial charge in [-0.25, -0.2) is 0 Å². The maximum atomic E-state index is 2.54. The Bertz CT molecular complexity index is 2820. The number of aryl methyl sites for hydroxylation is 2. The van der Waals surface area contributed by atoms with E-state index < -0.39 is 0 Å². The molecule has 2 aliphatic rings. The predicted octanol–water partition coefficient (Wildman–Crippen LogP) is 14.8. The Morgan fingerprint density at radius 1 is 0.375 bits per heavy atom. The monoisotopic (exact) mass is 736 g/mol. The van der Waals surface area contributed by atoms with Crippen LogP contribution >= 0.6 is 11.3 Å². The molecule has 2 nitrogen and oxygen atoms in total. The first-order valence-corrected chi connectivity index (χ1v) is 20.6. The standard InChI is InChI=1S/C53H40N2S/c1-5-15-37(16-6-1)40-27-29-49-45(35-40)46-36-44(28-30-50(46)56-49)55(43-23-11-4-12-24-43)48-26-14-18-39-32-34-53(52(39)48)33-31-38-17-13-25-47(51(38)53)54(41-19-7-2-8-20-41)42-21-9-3-10-22-42/h1-30,35-36H,31-34H2/t53-/m1/s1. The van der Waals surface area contributed by atoms with Crippen LogP contribution in [0.2, 0.25) is 0 Å². The van der Waals surface area contributed by atoms with Gasteiger partial charge in [-0.2, -0.15) is 0 Å². The topological polar surface area (TPSA) is 6.48 Å². The molecular formula is C53H40N2S. The molecule has 0 saturated heterocycles. The van der Waals surface area contributed by atoms with Crippen LogP contribution < -0.4 is 9.80 Å². The van der Waals surface area contributed by atoms with Crippen LogP contribution in [0.4, 0.5) is 34.1 Å². The van der Waals surface area contributed by atoms with Crippen LogP contribution in [0.5, 0.6) is 0 Å². The molecule has 1 heterocycles. The van der Waals surface area contributed by atoms with Crippen molar-refractivity contribution in [1.29, 1.82) is 0 Å². The first-order valence-electron chi connectivity index (χ1n) is 19.8. The second-order valence-corrected chi connectivity index (χ2v) is 16.3. The maximum absolute atomic E-state index is 2.54. The van der Waals surface area contributed by atoms with Gasteiger partial charge in [0.2, 0.25) is 0 Å².